The second-order valence-electron chi connectivity index (χ2n) is 4.62. The molecule has 0 aromatic heterocycles. The Labute approximate surface area is 83.6 Å². The molecule has 1 saturated heterocycles. The normalized spacial score (nSPS) is 48.1. The highest BCUT2D eigenvalue weighted by Crippen LogP contribution is 2.48. The Kier molecular flexibility index (Phi) is 3.31. The van der Waals surface area contributed by atoms with Gasteiger partial charge in [-0.1, -0.05) is 6.92 Å². The quantitative estimate of drug-likeness (QED) is 0.706. The third-order valence-corrected chi connectivity index (χ3v) is 6.99. The van der Waals surface area contributed by atoms with E-state index in [0.29, 0.717) is 0 Å². The lowest BCUT2D eigenvalue weighted by molar-refractivity contribution is -0.0740. The second-order valence-corrected chi connectivity index (χ2v) is 8.82. The molecule has 0 radical (unpaired) electrons. The van der Waals surface area contributed by atoms with Crippen molar-refractivity contribution < 1.29 is 5.11 Å². The van der Waals surface area contributed by atoms with Crippen LogP contribution in [0.2, 0.25) is 0 Å². The van der Waals surface area contributed by atoms with E-state index in [1.165, 1.54) is 17.9 Å². The summed E-state index contributed by atoms with van der Waals surface area (Å²) < 4.78 is 0. The van der Waals surface area contributed by atoms with Crippen molar-refractivity contribution in [1.29, 1.82) is 0 Å². The fraction of sp³-hybridized carbons (Fsp3) is 1.00. The van der Waals surface area contributed by atoms with E-state index in [2.05, 4.69) is 18.1 Å². The monoisotopic (exact) mass is 205 g/mol. The van der Waals surface area contributed by atoms with Gasteiger partial charge in [0.1, 0.15) is 5.72 Å². The fourth-order valence-electron chi connectivity index (χ4n) is 1.85. The Hall–Kier alpha value is 0.270. The van der Waals surface area contributed by atoms with E-state index in [0.717, 1.165) is 12.3 Å². The Balaban J connectivity index is 2.72. The van der Waals surface area contributed by atoms with Crippen LogP contribution >= 0.6 is 10.0 Å². The van der Waals surface area contributed by atoms with Crippen molar-refractivity contribution in [3.63, 3.8) is 0 Å². The van der Waals surface area contributed by atoms with Crippen LogP contribution in [0.15, 0.2) is 0 Å². The molecule has 1 fully saturated rings. The lowest BCUT2D eigenvalue weighted by atomic mass is 10.1. The van der Waals surface area contributed by atoms with Crippen LogP contribution in [0.25, 0.3) is 0 Å². The van der Waals surface area contributed by atoms with Gasteiger partial charge >= 0.3 is 0 Å². The second kappa shape index (κ2) is 3.79. The van der Waals surface area contributed by atoms with Gasteiger partial charge < -0.3 is 5.11 Å². The van der Waals surface area contributed by atoms with Gasteiger partial charge in [0.15, 0.2) is 0 Å². The van der Waals surface area contributed by atoms with E-state index in [-0.39, 0.29) is 0 Å². The molecule has 3 heteroatoms. The average Bonchev–Trinajstić information content (AvgIpc) is 2.12. The Morgan fingerprint density at radius 2 is 2.15 bits per heavy atom. The SMILES string of the molecule is CCS1(C)CCC[C@@](C)(O)N(C)C1. The molecule has 1 heterocycles. The smallest absolute Gasteiger partial charge is 0.116 e. The van der Waals surface area contributed by atoms with Gasteiger partial charge in [-0.15, -0.1) is 0 Å². The van der Waals surface area contributed by atoms with Gasteiger partial charge in [0, 0.05) is 5.88 Å². The van der Waals surface area contributed by atoms with Crippen LogP contribution in [0, 0.1) is 0 Å². The summed E-state index contributed by atoms with van der Waals surface area (Å²) >= 11 is 0. The number of nitrogens with zero attached hydrogens (tertiary/aromatic N) is 1. The molecule has 0 aromatic carbocycles. The van der Waals surface area contributed by atoms with E-state index >= 15 is 0 Å². The predicted octanol–water partition coefficient (Wildman–Crippen LogP) is 1.83. The maximum Gasteiger partial charge on any atom is 0.116 e. The van der Waals surface area contributed by atoms with Crippen molar-refractivity contribution in [2.75, 3.05) is 30.7 Å². The van der Waals surface area contributed by atoms with Gasteiger partial charge in [-0.3, -0.25) is 4.90 Å². The Morgan fingerprint density at radius 1 is 1.54 bits per heavy atom. The predicted molar refractivity (Wildman–Crippen MR) is 61.4 cm³/mol. The molecule has 1 unspecified atom stereocenters. The van der Waals surface area contributed by atoms with Gasteiger partial charge in [0.2, 0.25) is 0 Å². The van der Waals surface area contributed by atoms with Crippen LogP contribution < -0.4 is 0 Å². The largest absolute Gasteiger partial charge is 0.376 e. The van der Waals surface area contributed by atoms with E-state index in [1.54, 1.807) is 0 Å². The summed E-state index contributed by atoms with van der Waals surface area (Å²) in [6, 6.07) is 0. The van der Waals surface area contributed by atoms with Crippen molar-refractivity contribution in [1.82, 2.24) is 4.90 Å². The molecule has 0 saturated carbocycles. The number of rotatable bonds is 1. The highest BCUT2D eigenvalue weighted by Gasteiger charge is 2.33. The van der Waals surface area contributed by atoms with Crippen LogP contribution in [0.5, 0.6) is 0 Å². The maximum atomic E-state index is 10.1. The first-order chi connectivity index (χ1) is 5.90. The summed E-state index contributed by atoms with van der Waals surface area (Å²) in [6.45, 7) is 4.22. The molecule has 13 heavy (non-hydrogen) atoms. The third-order valence-electron chi connectivity index (χ3n) is 3.31. The first kappa shape index (κ1) is 11.3. The highest BCUT2D eigenvalue weighted by molar-refractivity contribution is 8.33. The molecule has 1 aliphatic rings. The molecular weight excluding hydrogens is 182 g/mol. The first-order valence-electron chi connectivity index (χ1n) is 5.05. The zero-order valence-corrected chi connectivity index (χ0v) is 10.2. The number of aliphatic hydroxyl groups is 1. The highest BCUT2D eigenvalue weighted by atomic mass is 32.3. The van der Waals surface area contributed by atoms with Crippen LogP contribution in [0.1, 0.15) is 26.7 Å². The lowest BCUT2D eigenvalue weighted by Crippen LogP contribution is -2.43. The molecule has 1 rings (SSSR count). The number of hydrogen-bond donors (Lipinski definition) is 1. The topological polar surface area (TPSA) is 23.5 Å². The molecule has 0 amide bonds. The summed E-state index contributed by atoms with van der Waals surface area (Å²) in [6.07, 6.45) is 4.51. The van der Waals surface area contributed by atoms with Gasteiger partial charge in [-0.25, -0.2) is 10.0 Å². The molecule has 1 aliphatic heterocycles. The molecule has 0 spiro atoms. The van der Waals surface area contributed by atoms with Gasteiger partial charge in [-0.2, -0.15) is 0 Å². The third kappa shape index (κ3) is 2.61. The van der Waals surface area contributed by atoms with Gasteiger partial charge in [0.05, 0.1) is 0 Å². The van der Waals surface area contributed by atoms with Gasteiger partial charge in [-0.05, 0) is 44.6 Å². The Morgan fingerprint density at radius 3 is 2.69 bits per heavy atom. The summed E-state index contributed by atoms with van der Waals surface area (Å²) in [7, 11) is 1.58. The van der Waals surface area contributed by atoms with E-state index in [4.69, 9.17) is 0 Å². The van der Waals surface area contributed by atoms with Crippen molar-refractivity contribution in [3.8, 4) is 0 Å². The summed E-state index contributed by atoms with van der Waals surface area (Å²) in [4.78, 5) is 2.14. The number of hydrogen-bond acceptors (Lipinski definition) is 2. The average molecular weight is 205 g/mol. The lowest BCUT2D eigenvalue weighted by Gasteiger charge is -2.39. The van der Waals surface area contributed by atoms with Crippen molar-refractivity contribution in [2.24, 2.45) is 0 Å². The van der Waals surface area contributed by atoms with Crippen LogP contribution in [0.4, 0.5) is 0 Å². The summed E-state index contributed by atoms with van der Waals surface area (Å²) in [5.74, 6) is 3.70. The van der Waals surface area contributed by atoms with Gasteiger partial charge in [0.25, 0.3) is 0 Å². The first-order valence-corrected chi connectivity index (χ1v) is 7.59. The molecule has 0 bridgehead atoms. The molecular formula is C10H23NOS. The zero-order valence-electron chi connectivity index (χ0n) is 9.34. The minimum absolute atomic E-state index is 0.469. The summed E-state index contributed by atoms with van der Waals surface area (Å²) in [5, 5.41) is 10.1. The minimum Gasteiger partial charge on any atom is -0.376 e. The van der Waals surface area contributed by atoms with E-state index in [9.17, 15) is 5.11 Å². The van der Waals surface area contributed by atoms with E-state index in [1.807, 2.05) is 14.0 Å². The Bertz CT molecular complexity index is 184. The minimum atomic E-state index is -0.570. The van der Waals surface area contributed by atoms with Crippen molar-refractivity contribution in [3.05, 3.63) is 0 Å². The molecule has 0 aromatic rings. The molecule has 1 N–H and O–H groups in total. The summed E-state index contributed by atoms with van der Waals surface area (Å²) in [5.41, 5.74) is -0.570. The maximum absolute atomic E-state index is 10.1. The standard InChI is InChI=1S/C10H23NOS/c1-5-13(4)8-6-7-10(2,12)11(3)9-13/h12H,5-9H2,1-4H3/t10-/m1/s1. The fourth-order valence-corrected chi connectivity index (χ4v) is 4.51. The van der Waals surface area contributed by atoms with Crippen LogP contribution in [-0.4, -0.2) is 46.4 Å². The molecule has 2 nitrogen and oxygen atoms in total. The molecule has 80 valence electrons. The molecule has 2 atom stereocenters. The zero-order chi connectivity index (χ0) is 10.1. The van der Waals surface area contributed by atoms with Crippen LogP contribution in [0.3, 0.4) is 0 Å². The van der Waals surface area contributed by atoms with Crippen molar-refractivity contribution in [2.45, 2.75) is 32.4 Å². The van der Waals surface area contributed by atoms with Crippen molar-refractivity contribution >= 4 is 10.0 Å². The molecule has 0 aliphatic carbocycles. The van der Waals surface area contributed by atoms with Crippen LogP contribution in [-0.2, 0) is 0 Å². The van der Waals surface area contributed by atoms with E-state index < -0.39 is 15.8 Å².